The molecule has 5 N–H and O–H groups in total. The molecule has 0 fully saturated rings. The van der Waals surface area contributed by atoms with Crippen LogP contribution in [0, 0.1) is 0 Å². The van der Waals surface area contributed by atoms with Crippen molar-refractivity contribution in [2.45, 2.75) is 19.4 Å². The highest BCUT2D eigenvalue weighted by Gasteiger charge is 1.91. The van der Waals surface area contributed by atoms with Crippen LogP contribution >= 0.6 is 0 Å². The lowest BCUT2D eigenvalue weighted by molar-refractivity contribution is 0.249. The van der Waals surface area contributed by atoms with Gasteiger partial charge in [0.05, 0.1) is 0 Å². The molecule has 0 bridgehead atoms. The van der Waals surface area contributed by atoms with Gasteiger partial charge in [-0.15, -0.1) is 0 Å². The molecule has 0 aliphatic rings. The molecule has 0 aromatic carbocycles. The summed E-state index contributed by atoms with van der Waals surface area (Å²) in [7, 11) is 0. The molecule has 5 heteroatoms. The van der Waals surface area contributed by atoms with Crippen molar-refractivity contribution in [1.82, 2.24) is 5.43 Å². The third kappa shape index (κ3) is 5.04. The van der Waals surface area contributed by atoms with Crippen LogP contribution in [0.2, 0.25) is 0 Å². The highest BCUT2D eigenvalue weighted by atomic mass is 16.2. The number of nitrogens with two attached hydrogens (primary N) is 2. The van der Waals surface area contributed by atoms with Gasteiger partial charge in [-0.2, -0.15) is 5.10 Å². The Hall–Kier alpha value is -1.10. The molecule has 2 amide bonds. The Labute approximate surface area is 59.5 Å². The summed E-state index contributed by atoms with van der Waals surface area (Å²) in [6, 6.07) is -0.800. The quantitative estimate of drug-likeness (QED) is 0.363. The maximum atomic E-state index is 10.0. The van der Waals surface area contributed by atoms with Gasteiger partial charge in [-0.1, -0.05) is 6.92 Å². The third-order valence-electron chi connectivity index (χ3n) is 0.912. The molecule has 0 spiro atoms. The lowest BCUT2D eigenvalue weighted by Crippen LogP contribution is -2.27. The highest BCUT2D eigenvalue weighted by molar-refractivity contribution is 5.73. The first kappa shape index (κ1) is 8.90. The van der Waals surface area contributed by atoms with Gasteiger partial charge in [0.2, 0.25) is 0 Å². The van der Waals surface area contributed by atoms with E-state index in [9.17, 15) is 4.79 Å². The minimum absolute atomic E-state index is 0.119. The number of nitrogens with zero attached hydrogens (tertiary/aromatic N) is 1. The summed E-state index contributed by atoms with van der Waals surface area (Å²) in [5, 5.41) is 3.47. The molecule has 0 saturated heterocycles. The van der Waals surface area contributed by atoms with Crippen molar-refractivity contribution in [2.24, 2.45) is 16.6 Å². The Morgan fingerprint density at radius 2 is 2.50 bits per heavy atom. The second-order valence-corrected chi connectivity index (χ2v) is 1.83. The highest BCUT2D eigenvalue weighted by Crippen LogP contribution is 1.78. The van der Waals surface area contributed by atoms with Gasteiger partial charge in [-0.3, -0.25) is 0 Å². The van der Waals surface area contributed by atoms with Crippen molar-refractivity contribution in [1.29, 1.82) is 0 Å². The van der Waals surface area contributed by atoms with Gasteiger partial charge in [-0.25, -0.2) is 10.2 Å². The molecule has 58 valence electrons. The lowest BCUT2D eigenvalue weighted by Gasteiger charge is -1.98. The van der Waals surface area contributed by atoms with Crippen molar-refractivity contribution < 1.29 is 4.79 Å². The molecule has 0 aromatic rings. The van der Waals surface area contributed by atoms with E-state index in [0.29, 0.717) is 0 Å². The fraction of sp³-hybridized carbons (Fsp3) is 0.600. The maximum Gasteiger partial charge on any atom is 0.332 e. The van der Waals surface area contributed by atoms with E-state index in [1.807, 2.05) is 12.3 Å². The lowest BCUT2D eigenvalue weighted by atomic mass is 10.3. The Bertz CT molecular complexity index is 134. The fourth-order valence-corrected chi connectivity index (χ4v) is 0.302. The standard InChI is InChI=1S/C5H12N4O/c1-2-4(6)3-8-9-5(7)10/h3-4H,2,6H2,1H3,(H3,7,9,10)/b8-3-/t4-/m0/s1. The van der Waals surface area contributed by atoms with E-state index in [1.165, 1.54) is 6.21 Å². The second-order valence-electron chi connectivity index (χ2n) is 1.83. The number of carbonyl (C=O) groups is 1. The van der Waals surface area contributed by atoms with Crippen LogP contribution in [0.15, 0.2) is 5.10 Å². The van der Waals surface area contributed by atoms with E-state index in [2.05, 4.69) is 5.10 Å². The van der Waals surface area contributed by atoms with Crippen molar-refractivity contribution in [3.05, 3.63) is 0 Å². The molecule has 0 saturated carbocycles. The van der Waals surface area contributed by atoms with Crippen LogP contribution in [0.5, 0.6) is 0 Å². The molecular weight excluding hydrogens is 132 g/mol. The molecular formula is C5H12N4O. The molecule has 10 heavy (non-hydrogen) atoms. The zero-order chi connectivity index (χ0) is 7.98. The summed E-state index contributed by atoms with van der Waals surface area (Å²) in [4.78, 5) is 10.0. The molecule has 0 radical (unpaired) electrons. The second kappa shape index (κ2) is 4.75. The number of hydrogen-bond acceptors (Lipinski definition) is 3. The Kier molecular flexibility index (Phi) is 4.23. The molecule has 0 heterocycles. The Balaban J connectivity index is 3.45. The average molecular weight is 144 g/mol. The van der Waals surface area contributed by atoms with Gasteiger partial charge in [-0.05, 0) is 6.42 Å². The number of carbonyl (C=O) groups excluding carboxylic acids is 1. The van der Waals surface area contributed by atoms with Crippen LogP contribution in [0.4, 0.5) is 4.79 Å². The van der Waals surface area contributed by atoms with E-state index in [1.54, 1.807) is 0 Å². The minimum atomic E-state index is -0.681. The maximum absolute atomic E-state index is 10.0. The summed E-state index contributed by atoms with van der Waals surface area (Å²) < 4.78 is 0. The largest absolute Gasteiger partial charge is 0.350 e. The summed E-state index contributed by atoms with van der Waals surface area (Å²) in [5.74, 6) is 0. The van der Waals surface area contributed by atoms with Gasteiger partial charge >= 0.3 is 6.03 Å². The average Bonchev–Trinajstić information content (AvgIpc) is 1.87. The predicted molar refractivity (Wildman–Crippen MR) is 39.5 cm³/mol. The Morgan fingerprint density at radius 3 is 2.90 bits per heavy atom. The number of nitrogens with one attached hydrogen (secondary N) is 1. The molecule has 0 aliphatic carbocycles. The van der Waals surface area contributed by atoms with Crippen molar-refractivity contribution in [2.75, 3.05) is 0 Å². The number of urea groups is 1. The molecule has 0 aromatic heterocycles. The number of amides is 2. The zero-order valence-corrected chi connectivity index (χ0v) is 5.87. The monoisotopic (exact) mass is 144 g/mol. The fourth-order valence-electron chi connectivity index (χ4n) is 0.302. The van der Waals surface area contributed by atoms with Gasteiger partial charge in [0.25, 0.3) is 0 Å². The first-order valence-electron chi connectivity index (χ1n) is 3.01. The van der Waals surface area contributed by atoms with Crippen LogP contribution in [0.25, 0.3) is 0 Å². The van der Waals surface area contributed by atoms with Gasteiger partial charge < -0.3 is 11.5 Å². The van der Waals surface area contributed by atoms with Crippen LogP contribution in [-0.4, -0.2) is 18.3 Å². The number of primary amides is 1. The summed E-state index contributed by atoms with van der Waals surface area (Å²) in [6.07, 6.45) is 2.22. The topological polar surface area (TPSA) is 93.5 Å². The predicted octanol–water partition coefficient (Wildman–Crippen LogP) is -0.622. The van der Waals surface area contributed by atoms with Crippen molar-refractivity contribution in [3.8, 4) is 0 Å². The van der Waals surface area contributed by atoms with Crippen LogP contribution in [0.3, 0.4) is 0 Å². The molecule has 1 atom stereocenters. The van der Waals surface area contributed by atoms with Crippen molar-refractivity contribution >= 4 is 12.2 Å². The molecule has 0 unspecified atom stereocenters. The van der Waals surface area contributed by atoms with E-state index in [4.69, 9.17) is 11.5 Å². The van der Waals surface area contributed by atoms with Crippen molar-refractivity contribution in [3.63, 3.8) is 0 Å². The van der Waals surface area contributed by atoms with E-state index in [0.717, 1.165) is 6.42 Å². The van der Waals surface area contributed by atoms with E-state index in [-0.39, 0.29) is 6.04 Å². The number of hydrogen-bond donors (Lipinski definition) is 3. The zero-order valence-electron chi connectivity index (χ0n) is 5.87. The van der Waals surface area contributed by atoms with E-state index >= 15 is 0 Å². The van der Waals surface area contributed by atoms with Gasteiger partial charge in [0.1, 0.15) is 0 Å². The van der Waals surface area contributed by atoms with Crippen LogP contribution in [0.1, 0.15) is 13.3 Å². The molecule has 0 rings (SSSR count). The summed E-state index contributed by atoms with van der Waals surface area (Å²) in [5.41, 5.74) is 12.2. The van der Waals surface area contributed by atoms with E-state index < -0.39 is 6.03 Å². The molecule has 5 nitrogen and oxygen atoms in total. The first-order chi connectivity index (χ1) is 4.66. The van der Waals surface area contributed by atoms with Crippen LogP contribution < -0.4 is 16.9 Å². The van der Waals surface area contributed by atoms with Gasteiger partial charge in [0.15, 0.2) is 0 Å². The normalized spacial score (nSPS) is 13.4. The Morgan fingerprint density at radius 1 is 1.90 bits per heavy atom. The van der Waals surface area contributed by atoms with Crippen LogP contribution in [-0.2, 0) is 0 Å². The van der Waals surface area contributed by atoms with Gasteiger partial charge in [0, 0.05) is 12.3 Å². The summed E-state index contributed by atoms with van der Waals surface area (Å²) >= 11 is 0. The first-order valence-corrected chi connectivity index (χ1v) is 3.01. The number of rotatable bonds is 3. The summed E-state index contributed by atoms with van der Waals surface area (Å²) in [6.45, 7) is 1.92. The molecule has 0 aliphatic heterocycles. The SMILES string of the molecule is CC[C@H](N)/C=N\NC(N)=O. The number of hydrazone groups is 1. The minimum Gasteiger partial charge on any atom is -0.350 e. The smallest absolute Gasteiger partial charge is 0.332 e. The third-order valence-corrected chi connectivity index (χ3v) is 0.912.